The van der Waals surface area contributed by atoms with Crippen molar-refractivity contribution in [3.05, 3.63) is 40.7 Å². The van der Waals surface area contributed by atoms with Gasteiger partial charge in [-0.05, 0) is 19.1 Å². The fourth-order valence-electron chi connectivity index (χ4n) is 1.61. The van der Waals surface area contributed by atoms with Gasteiger partial charge in [0.15, 0.2) is 0 Å². The van der Waals surface area contributed by atoms with Gasteiger partial charge in [0, 0.05) is 6.54 Å². The molecule has 0 saturated carbocycles. The number of rotatable bonds is 5. The highest BCUT2D eigenvalue weighted by atomic mass is 35.5. The second kappa shape index (κ2) is 5.84. The van der Waals surface area contributed by atoms with Crippen LogP contribution < -0.4 is 4.74 Å². The van der Waals surface area contributed by atoms with E-state index < -0.39 is 0 Å². The maximum Gasteiger partial charge on any atom is 0.138 e. The Kier molecular flexibility index (Phi) is 4.17. The molecule has 2 aromatic rings. The van der Waals surface area contributed by atoms with E-state index in [0.717, 1.165) is 5.69 Å². The first kappa shape index (κ1) is 12.9. The number of ether oxygens (including phenoxy) is 1. The van der Waals surface area contributed by atoms with E-state index in [1.165, 1.54) is 0 Å². The van der Waals surface area contributed by atoms with Crippen LogP contribution in [0.25, 0.3) is 0 Å². The lowest BCUT2D eigenvalue weighted by Crippen LogP contribution is -2.08. The van der Waals surface area contributed by atoms with Gasteiger partial charge in [-0.25, -0.2) is 4.68 Å². The third-order valence-corrected chi connectivity index (χ3v) is 2.88. The van der Waals surface area contributed by atoms with E-state index in [4.69, 9.17) is 16.3 Å². The van der Waals surface area contributed by atoms with Crippen LogP contribution in [0.1, 0.15) is 18.3 Å². The van der Waals surface area contributed by atoms with Gasteiger partial charge in [0.05, 0.1) is 11.6 Å². The van der Waals surface area contributed by atoms with Gasteiger partial charge >= 0.3 is 0 Å². The first-order valence-corrected chi connectivity index (χ1v) is 6.03. The van der Waals surface area contributed by atoms with Crippen LogP contribution in [0.15, 0.2) is 24.3 Å². The quantitative estimate of drug-likeness (QED) is 0.900. The van der Waals surface area contributed by atoms with Crippen molar-refractivity contribution in [1.82, 2.24) is 15.0 Å². The number of aliphatic hydroxyl groups excluding tert-OH is 1. The summed E-state index contributed by atoms with van der Waals surface area (Å²) in [6.07, 6.45) is 0. The van der Waals surface area contributed by atoms with Gasteiger partial charge in [-0.15, -0.1) is 5.10 Å². The molecule has 0 amide bonds. The average Bonchev–Trinajstić information content (AvgIpc) is 2.80. The summed E-state index contributed by atoms with van der Waals surface area (Å²) in [5.74, 6) is 0.604. The third kappa shape index (κ3) is 2.63. The van der Waals surface area contributed by atoms with Gasteiger partial charge < -0.3 is 9.84 Å². The summed E-state index contributed by atoms with van der Waals surface area (Å²) in [5, 5.41) is 17.6. The standard InChI is InChI=1S/C12H14ClN3O2/c1-2-16-11(10(7-17)14-15-16)8-18-12-6-4-3-5-9(12)13/h3-6,17H,2,7-8H2,1H3. The Morgan fingerprint density at radius 3 is 2.83 bits per heavy atom. The van der Waals surface area contributed by atoms with E-state index in [0.29, 0.717) is 23.0 Å². The molecule has 0 saturated heterocycles. The van der Waals surface area contributed by atoms with E-state index in [-0.39, 0.29) is 13.2 Å². The summed E-state index contributed by atoms with van der Waals surface area (Å²) < 4.78 is 7.32. The van der Waals surface area contributed by atoms with Gasteiger partial charge in [0.1, 0.15) is 23.7 Å². The van der Waals surface area contributed by atoms with E-state index in [9.17, 15) is 5.11 Å². The third-order valence-electron chi connectivity index (χ3n) is 2.57. The van der Waals surface area contributed by atoms with Crippen molar-refractivity contribution in [1.29, 1.82) is 0 Å². The van der Waals surface area contributed by atoms with E-state index in [1.807, 2.05) is 19.1 Å². The molecule has 0 aliphatic rings. The lowest BCUT2D eigenvalue weighted by Gasteiger charge is -2.09. The van der Waals surface area contributed by atoms with Crippen LogP contribution in [0.2, 0.25) is 5.02 Å². The zero-order valence-corrected chi connectivity index (χ0v) is 10.8. The number of para-hydroxylation sites is 1. The minimum Gasteiger partial charge on any atom is -0.486 e. The number of hydrogen-bond acceptors (Lipinski definition) is 4. The molecule has 0 aliphatic carbocycles. The van der Waals surface area contributed by atoms with E-state index in [2.05, 4.69) is 10.3 Å². The minimum atomic E-state index is -0.152. The Balaban J connectivity index is 2.15. The van der Waals surface area contributed by atoms with E-state index in [1.54, 1.807) is 16.8 Å². The molecule has 0 radical (unpaired) electrons. The summed E-state index contributed by atoms with van der Waals surface area (Å²) in [4.78, 5) is 0. The topological polar surface area (TPSA) is 60.2 Å². The maximum atomic E-state index is 9.18. The van der Waals surface area contributed by atoms with Crippen LogP contribution in [-0.2, 0) is 19.8 Å². The van der Waals surface area contributed by atoms with Gasteiger partial charge in [-0.1, -0.05) is 28.9 Å². The molecule has 0 spiro atoms. The molecule has 0 aliphatic heterocycles. The molecule has 0 fully saturated rings. The summed E-state index contributed by atoms with van der Waals surface area (Å²) in [6, 6.07) is 7.25. The summed E-state index contributed by atoms with van der Waals surface area (Å²) in [7, 11) is 0. The molecule has 0 bridgehead atoms. The van der Waals surface area contributed by atoms with E-state index >= 15 is 0 Å². The molecule has 1 N–H and O–H groups in total. The largest absolute Gasteiger partial charge is 0.486 e. The number of hydrogen-bond donors (Lipinski definition) is 1. The smallest absolute Gasteiger partial charge is 0.138 e. The number of halogens is 1. The van der Waals surface area contributed by atoms with Crippen LogP contribution in [0.5, 0.6) is 5.75 Å². The van der Waals surface area contributed by atoms with Crippen molar-refractivity contribution in [3.8, 4) is 5.75 Å². The van der Waals surface area contributed by atoms with Crippen molar-refractivity contribution < 1.29 is 9.84 Å². The van der Waals surface area contributed by atoms with Crippen molar-refractivity contribution in [3.63, 3.8) is 0 Å². The van der Waals surface area contributed by atoms with Gasteiger partial charge in [-0.3, -0.25) is 0 Å². The first-order chi connectivity index (χ1) is 8.76. The second-order valence-corrected chi connectivity index (χ2v) is 4.08. The molecular weight excluding hydrogens is 254 g/mol. The van der Waals surface area contributed by atoms with Crippen LogP contribution >= 0.6 is 11.6 Å². The lowest BCUT2D eigenvalue weighted by atomic mass is 10.3. The van der Waals surface area contributed by atoms with Crippen LogP contribution in [-0.4, -0.2) is 20.1 Å². The molecular formula is C12H14ClN3O2. The lowest BCUT2D eigenvalue weighted by molar-refractivity contribution is 0.261. The van der Waals surface area contributed by atoms with Crippen LogP contribution in [0.4, 0.5) is 0 Å². The Hall–Kier alpha value is -1.59. The Labute approximate surface area is 110 Å². The maximum absolute atomic E-state index is 9.18. The highest BCUT2D eigenvalue weighted by Crippen LogP contribution is 2.24. The second-order valence-electron chi connectivity index (χ2n) is 3.68. The molecule has 2 rings (SSSR count). The monoisotopic (exact) mass is 267 g/mol. The van der Waals surface area contributed by atoms with Crippen molar-refractivity contribution in [2.75, 3.05) is 0 Å². The molecule has 1 aromatic heterocycles. The molecule has 1 aromatic carbocycles. The number of aromatic nitrogens is 3. The van der Waals surface area contributed by atoms with Gasteiger partial charge in [-0.2, -0.15) is 0 Å². The summed E-state index contributed by atoms with van der Waals surface area (Å²) in [5.41, 5.74) is 1.30. The molecule has 0 atom stereocenters. The predicted octanol–water partition coefficient (Wildman–Crippen LogP) is 2.02. The number of benzene rings is 1. The first-order valence-electron chi connectivity index (χ1n) is 5.65. The minimum absolute atomic E-state index is 0.152. The van der Waals surface area contributed by atoms with Crippen molar-refractivity contribution in [2.24, 2.45) is 0 Å². The average molecular weight is 268 g/mol. The Morgan fingerprint density at radius 1 is 1.39 bits per heavy atom. The molecule has 5 nitrogen and oxygen atoms in total. The van der Waals surface area contributed by atoms with Crippen molar-refractivity contribution >= 4 is 11.6 Å². The fourth-order valence-corrected chi connectivity index (χ4v) is 1.80. The zero-order chi connectivity index (χ0) is 13.0. The Bertz CT molecular complexity index is 506. The number of aryl methyl sites for hydroxylation is 1. The van der Waals surface area contributed by atoms with Crippen LogP contribution in [0.3, 0.4) is 0 Å². The SMILES string of the molecule is CCn1nnc(CO)c1COc1ccccc1Cl. The molecule has 18 heavy (non-hydrogen) atoms. The highest BCUT2D eigenvalue weighted by molar-refractivity contribution is 6.32. The molecule has 1 heterocycles. The summed E-state index contributed by atoms with van der Waals surface area (Å²) in [6.45, 7) is 2.75. The number of aliphatic hydroxyl groups is 1. The Morgan fingerprint density at radius 2 is 2.17 bits per heavy atom. The zero-order valence-electron chi connectivity index (χ0n) is 10.0. The predicted molar refractivity (Wildman–Crippen MR) is 67.4 cm³/mol. The van der Waals surface area contributed by atoms with Crippen LogP contribution in [0, 0.1) is 0 Å². The van der Waals surface area contributed by atoms with Gasteiger partial charge in [0.25, 0.3) is 0 Å². The van der Waals surface area contributed by atoms with Crippen molar-refractivity contribution in [2.45, 2.75) is 26.7 Å². The molecule has 96 valence electrons. The van der Waals surface area contributed by atoms with Gasteiger partial charge in [0.2, 0.25) is 0 Å². The normalized spacial score (nSPS) is 10.6. The highest BCUT2D eigenvalue weighted by Gasteiger charge is 2.12. The summed E-state index contributed by atoms with van der Waals surface area (Å²) >= 11 is 6.00. The number of nitrogens with zero attached hydrogens (tertiary/aromatic N) is 3. The fraction of sp³-hybridized carbons (Fsp3) is 0.333. The molecule has 6 heteroatoms. The molecule has 0 unspecified atom stereocenters.